The average Bonchev–Trinajstić information content (AvgIpc) is 2.71. The lowest BCUT2D eigenvalue weighted by Crippen LogP contribution is -2.35. The quantitative estimate of drug-likeness (QED) is 0.123. The zero-order chi connectivity index (χ0) is 21.4. The maximum absolute atomic E-state index is 9.41. The second kappa shape index (κ2) is 24.2. The van der Waals surface area contributed by atoms with Crippen molar-refractivity contribution >= 4 is 0 Å². The van der Waals surface area contributed by atoms with Gasteiger partial charge >= 0.3 is 0 Å². The van der Waals surface area contributed by atoms with Crippen molar-refractivity contribution in [3.05, 3.63) is 0 Å². The average molecular weight is 412 g/mol. The Hall–Kier alpha value is -0.0800. The van der Waals surface area contributed by atoms with Crippen LogP contribution in [0.15, 0.2) is 0 Å². The van der Waals surface area contributed by atoms with E-state index in [-0.39, 0.29) is 6.23 Å². The van der Waals surface area contributed by atoms with Gasteiger partial charge in [-0.25, -0.2) is 0 Å². The highest BCUT2D eigenvalue weighted by Gasteiger charge is 2.07. The molecule has 0 aromatic carbocycles. The number of hydrogen-bond acceptors (Lipinski definition) is 2. The lowest BCUT2D eigenvalue weighted by atomic mass is 10.0. The molecular formula is C27H57NO. The topological polar surface area (TPSA) is 32.3 Å². The van der Waals surface area contributed by atoms with Crippen LogP contribution in [-0.4, -0.2) is 17.4 Å². The molecule has 0 aliphatic heterocycles. The number of rotatable bonds is 24. The van der Waals surface area contributed by atoms with Gasteiger partial charge in [0, 0.05) is 6.04 Å². The third-order valence-corrected chi connectivity index (χ3v) is 6.38. The zero-order valence-electron chi connectivity index (χ0n) is 20.7. The van der Waals surface area contributed by atoms with Gasteiger partial charge in [0.25, 0.3) is 0 Å². The molecule has 0 aromatic rings. The van der Waals surface area contributed by atoms with Crippen LogP contribution in [-0.2, 0) is 0 Å². The van der Waals surface area contributed by atoms with Crippen LogP contribution in [0.4, 0.5) is 0 Å². The molecule has 2 N–H and O–H groups in total. The fraction of sp³-hybridized carbons (Fsp3) is 1.00. The molecule has 0 rings (SSSR count). The van der Waals surface area contributed by atoms with Gasteiger partial charge in [0.2, 0.25) is 0 Å². The van der Waals surface area contributed by atoms with Crippen LogP contribution in [0.5, 0.6) is 0 Å². The summed E-state index contributed by atoms with van der Waals surface area (Å²) in [6, 6.07) is 0.491. The minimum atomic E-state index is -0.370. The van der Waals surface area contributed by atoms with Gasteiger partial charge in [-0.15, -0.1) is 0 Å². The Morgan fingerprint density at radius 2 is 0.828 bits per heavy atom. The van der Waals surface area contributed by atoms with Crippen LogP contribution < -0.4 is 5.32 Å². The summed E-state index contributed by atoms with van der Waals surface area (Å²) in [6.45, 7) is 6.32. The molecule has 0 aromatic heterocycles. The summed E-state index contributed by atoms with van der Waals surface area (Å²) in [4.78, 5) is 0. The molecule has 176 valence electrons. The summed E-state index contributed by atoms with van der Waals surface area (Å²) in [6.07, 6.45) is 30.7. The van der Waals surface area contributed by atoms with Crippen LogP contribution in [0.3, 0.4) is 0 Å². The van der Waals surface area contributed by atoms with Crippen LogP contribution >= 0.6 is 0 Å². The van der Waals surface area contributed by atoms with E-state index in [0.717, 1.165) is 6.42 Å². The molecule has 2 heteroatoms. The van der Waals surface area contributed by atoms with Gasteiger partial charge < -0.3 is 5.11 Å². The maximum atomic E-state index is 9.41. The second-order valence-electron chi connectivity index (χ2n) is 9.45. The number of aliphatic hydroxyl groups is 1. The lowest BCUT2D eigenvalue weighted by molar-refractivity contribution is 0.136. The summed E-state index contributed by atoms with van der Waals surface area (Å²) in [5.41, 5.74) is 0. The molecule has 0 spiro atoms. The molecule has 0 aliphatic carbocycles. The van der Waals surface area contributed by atoms with Crippen LogP contribution in [0, 0.1) is 0 Å². The van der Waals surface area contributed by atoms with Crippen LogP contribution in [0.25, 0.3) is 0 Å². The molecule has 0 heterocycles. The van der Waals surface area contributed by atoms with Gasteiger partial charge in [0.1, 0.15) is 6.23 Å². The second-order valence-corrected chi connectivity index (χ2v) is 9.45. The molecule has 0 bridgehead atoms. The summed E-state index contributed by atoms with van der Waals surface area (Å²) in [5, 5.41) is 12.7. The number of aliphatic hydroxyl groups excluding tert-OH is 1. The Bertz CT molecular complexity index is 292. The largest absolute Gasteiger partial charge is 0.379 e. The van der Waals surface area contributed by atoms with Gasteiger partial charge in [0.15, 0.2) is 0 Å². The Labute approximate surface area is 185 Å². The molecule has 29 heavy (non-hydrogen) atoms. The van der Waals surface area contributed by atoms with Crippen molar-refractivity contribution in [1.29, 1.82) is 0 Å². The first-order chi connectivity index (χ1) is 14.2. The number of hydrogen-bond donors (Lipinski definition) is 2. The Balaban J connectivity index is 3.11. The highest BCUT2D eigenvalue weighted by Crippen LogP contribution is 2.15. The SMILES string of the molecule is CCCCCCCCCCCCCCCCCCCCCCC(CC)NC(C)O. The smallest absolute Gasteiger partial charge is 0.102 e. The van der Waals surface area contributed by atoms with E-state index in [1.165, 1.54) is 135 Å². The Morgan fingerprint density at radius 3 is 1.10 bits per heavy atom. The molecule has 0 fully saturated rings. The van der Waals surface area contributed by atoms with E-state index in [4.69, 9.17) is 0 Å². The van der Waals surface area contributed by atoms with Crippen molar-refractivity contribution in [3.8, 4) is 0 Å². The van der Waals surface area contributed by atoms with Crippen molar-refractivity contribution in [3.63, 3.8) is 0 Å². The van der Waals surface area contributed by atoms with E-state index in [9.17, 15) is 5.11 Å². The molecule has 0 saturated carbocycles. The normalized spacial score (nSPS) is 13.7. The van der Waals surface area contributed by atoms with E-state index >= 15 is 0 Å². The molecule has 0 radical (unpaired) electrons. The summed E-state index contributed by atoms with van der Waals surface area (Å²) in [5.74, 6) is 0. The first-order valence-electron chi connectivity index (χ1n) is 13.6. The summed E-state index contributed by atoms with van der Waals surface area (Å²) < 4.78 is 0. The fourth-order valence-electron chi connectivity index (χ4n) is 4.39. The fourth-order valence-corrected chi connectivity index (χ4v) is 4.39. The van der Waals surface area contributed by atoms with Crippen molar-refractivity contribution in [2.45, 2.75) is 174 Å². The van der Waals surface area contributed by atoms with E-state index in [1.807, 2.05) is 6.92 Å². The minimum Gasteiger partial charge on any atom is -0.379 e. The Kier molecular flexibility index (Phi) is 24.1. The van der Waals surface area contributed by atoms with Crippen molar-refractivity contribution in [2.24, 2.45) is 0 Å². The third kappa shape index (κ3) is 24.1. The van der Waals surface area contributed by atoms with E-state index in [0.29, 0.717) is 6.04 Å². The van der Waals surface area contributed by atoms with E-state index in [2.05, 4.69) is 19.2 Å². The monoisotopic (exact) mass is 411 g/mol. The highest BCUT2D eigenvalue weighted by atomic mass is 16.3. The molecule has 2 nitrogen and oxygen atoms in total. The Morgan fingerprint density at radius 1 is 0.517 bits per heavy atom. The molecule has 2 unspecified atom stereocenters. The third-order valence-electron chi connectivity index (χ3n) is 6.38. The zero-order valence-corrected chi connectivity index (χ0v) is 20.7. The molecule has 0 aliphatic rings. The summed E-state index contributed by atoms with van der Waals surface area (Å²) in [7, 11) is 0. The predicted octanol–water partition coefficient (Wildman–Crippen LogP) is 8.90. The molecule has 2 atom stereocenters. The molecule has 0 amide bonds. The highest BCUT2D eigenvalue weighted by molar-refractivity contribution is 4.65. The number of unbranched alkanes of at least 4 members (excludes halogenated alkanes) is 19. The first kappa shape index (κ1) is 28.9. The first-order valence-corrected chi connectivity index (χ1v) is 13.6. The van der Waals surface area contributed by atoms with Gasteiger partial charge in [-0.05, 0) is 19.8 Å². The maximum Gasteiger partial charge on any atom is 0.102 e. The van der Waals surface area contributed by atoms with Crippen LogP contribution in [0.1, 0.15) is 162 Å². The van der Waals surface area contributed by atoms with Crippen molar-refractivity contribution in [1.82, 2.24) is 5.32 Å². The van der Waals surface area contributed by atoms with E-state index < -0.39 is 0 Å². The predicted molar refractivity (Wildman–Crippen MR) is 132 cm³/mol. The van der Waals surface area contributed by atoms with Gasteiger partial charge in [-0.1, -0.05) is 142 Å². The van der Waals surface area contributed by atoms with Crippen LogP contribution in [0.2, 0.25) is 0 Å². The lowest BCUT2D eigenvalue weighted by Gasteiger charge is -2.18. The van der Waals surface area contributed by atoms with E-state index in [1.54, 1.807) is 0 Å². The van der Waals surface area contributed by atoms with Crippen molar-refractivity contribution < 1.29 is 5.11 Å². The molecular weight excluding hydrogens is 354 g/mol. The summed E-state index contributed by atoms with van der Waals surface area (Å²) >= 11 is 0. The molecule has 0 saturated heterocycles. The minimum absolute atomic E-state index is 0.370. The van der Waals surface area contributed by atoms with Gasteiger partial charge in [-0.2, -0.15) is 0 Å². The van der Waals surface area contributed by atoms with Crippen molar-refractivity contribution in [2.75, 3.05) is 0 Å². The van der Waals surface area contributed by atoms with Gasteiger partial charge in [0.05, 0.1) is 0 Å². The standard InChI is InChI=1S/C27H57NO/c1-4-6-7-8-9-10-11-12-13-14-15-16-17-18-19-20-21-22-23-24-25-27(5-2)28-26(3)29/h26-29H,4-25H2,1-3H3. The van der Waals surface area contributed by atoms with Gasteiger partial charge in [-0.3, -0.25) is 5.32 Å². The number of nitrogens with one attached hydrogen (secondary N) is 1.